The van der Waals surface area contributed by atoms with Gasteiger partial charge in [-0.1, -0.05) is 48.5 Å². The number of phenols is 1. The zero-order chi connectivity index (χ0) is 24.1. The number of rotatable bonds is 7. The second-order valence-corrected chi connectivity index (χ2v) is 8.61. The predicted octanol–water partition coefficient (Wildman–Crippen LogP) is 4.42. The summed E-state index contributed by atoms with van der Waals surface area (Å²) in [5.74, 6) is -0.109. The summed E-state index contributed by atoms with van der Waals surface area (Å²) < 4.78 is 1.54. The van der Waals surface area contributed by atoms with E-state index in [9.17, 15) is 14.7 Å². The molecule has 1 amide bonds. The van der Waals surface area contributed by atoms with Crippen LogP contribution in [-0.2, 0) is 4.79 Å². The molecular weight excluding hydrogens is 448 g/mol. The van der Waals surface area contributed by atoms with Crippen molar-refractivity contribution in [2.45, 2.75) is 25.4 Å². The Morgan fingerprint density at radius 1 is 1.06 bits per heavy atom. The Morgan fingerprint density at radius 3 is 2.47 bits per heavy atom. The van der Waals surface area contributed by atoms with Crippen LogP contribution in [0.2, 0.25) is 0 Å². The third-order valence-corrected chi connectivity index (χ3v) is 6.16. The molecule has 0 radical (unpaired) electrons. The van der Waals surface area contributed by atoms with Crippen molar-refractivity contribution >= 4 is 34.3 Å². The number of nitrogens with zero attached hydrogens (tertiary/aromatic N) is 3. The minimum atomic E-state index is -0.312. The first kappa shape index (κ1) is 23.3. The van der Waals surface area contributed by atoms with Crippen LogP contribution in [0.4, 0.5) is 0 Å². The molecule has 172 valence electrons. The molecule has 3 aromatic carbocycles. The van der Waals surface area contributed by atoms with Gasteiger partial charge in [0.25, 0.3) is 11.5 Å². The van der Waals surface area contributed by atoms with Crippen molar-refractivity contribution in [1.82, 2.24) is 15.0 Å². The highest BCUT2D eigenvalue weighted by molar-refractivity contribution is 7.99. The van der Waals surface area contributed by atoms with E-state index < -0.39 is 0 Å². The van der Waals surface area contributed by atoms with Crippen molar-refractivity contribution in [1.29, 1.82) is 0 Å². The molecular formula is C26H24N4O3S. The smallest absolute Gasteiger partial charge is 0.266 e. The molecule has 0 atom stereocenters. The standard InChI is InChI=1S/C26H24N4O3S/c1-3-22(18-10-14-20(31)15-11-18)28-29-24(32)16-34-26-27-23-7-5-4-6-21(23)25(33)30(26)19-12-8-17(2)9-13-19/h4-15,31H,3,16H2,1-2H3,(H,29,32)/b28-22-. The summed E-state index contributed by atoms with van der Waals surface area (Å²) in [5, 5.41) is 14.7. The van der Waals surface area contributed by atoms with E-state index in [4.69, 9.17) is 0 Å². The molecule has 4 aromatic rings. The van der Waals surface area contributed by atoms with Crippen LogP contribution in [0.25, 0.3) is 16.6 Å². The van der Waals surface area contributed by atoms with Crippen LogP contribution < -0.4 is 11.0 Å². The molecule has 8 heteroatoms. The lowest BCUT2D eigenvalue weighted by atomic mass is 10.1. The Morgan fingerprint density at radius 2 is 1.76 bits per heavy atom. The van der Waals surface area contributed by atoms with Crippen LogP contribution >= 0.6 is 11.8 Å². The number of aryl methyl sites for hydroxylation is 1. The highest BCUT2D eigenvalue weighted by Gasteiger charge is 2.15. The number of hydrogen-bond acceptors (Lipinski definition) is 6. The van der Waals surface area contributed by atoms with Crippen molar-refractivity contribution in [2.24, 2.45) is 5.10 Å². The highest BCUT2D eigenvalue weighted by Crippen LogP contribution is 2.21. The van der Waals surface area contributed by atoms with E-state index in [1.165, 1.54) is 16.3 Å². The molecule has 0 aliphatic heterocycles. The molecule has 0 aliphatic rings. The summed E-state index contributed by atoms with van der Waals surface area (Å²) in [5.41, 5.74) is 6.26. The van der Waals surface area contributed by atoms with Gasteiger partial charge in [0, 0.05) is 0 Å². The van der Waals surface area contributed by atoms with E-state index in [0.29, 0.717) is 33.9 Å². The van der Waals surface area contributed by atoms with Gasteiger partial charge in [-0.25, -0.2) is 10.4 Å². The van der Waals surface area contributed by atoms with Crippen LogP contribution in [0.15, 0.2) is 87.8 Å². The Labute approximate surface area is 201 Å². The fourth-order valence-corrected chi connectivity index (χ4v) is 4.23. The molecule has 0 bridgehead atoms. The topological polar surface area (TPSA) is 96.6 Å². The number of hydrazone groups is 1. The number of aromatic nitrogens is 2. The van der Waals surface area contributed by atoms with Gasteiger partial charge in [0.05, 0.1) is 28.1 Å². The lowest BCUT2D eigenvalue weighted by Crippen LogP contribution is -2.24. The lowest BCUT2D eigenvalue weighted by Gasteiger charge is -2.13. The second-order valence-electron chi connectivity index (χ2n) is 7.67. The predicted molar refractivity (Wildman–Crippen MR) is 136 cm³/mol. The second kappa shape index (κ2) is 10.4. The summed E-state index contributed by atoms with van der Waals surface area (Å²) >= 11 is 1.18. The third-order valence-electron chi connectivity index (χ3n) is 5.22. The van der Waals surface area contributed by atoms with Crippen molar-refractivity contribution in [3.05, 3.63) is 94.3 Å². The van der Waals surface area contributed by atoms with Crippen LogP contribution in [0.1, 0.15) is 24.5 Å². The highest BCUT2D eigenvalue weighted by atomic mass is 32.2. The molecule has 2 N–H and O–H groups in total. The van der Waals surface area contributed by atoms with Gasteiger partial charge in [-0.2, -0.15) is 5.10 Å². The van der Waals surface area contributed by atoms with Gasteiger partial charge in [-0.3, -0.25) is 14.2 Å². The number of hydrogen-bond donors (Lipinski definition) is 2. The molecule has 1 aromatic heterocycles. The van der Waals surface area contributed by atoms with Crippen molar-refractivity contribution < 1.29 is 9.90 Å². The van der Waals surface area contributed by atoms with Crippen LogP contribution in [0.3, 0.4) is 0 Å². The van der Waals surface area contributed by atoms with Gasteiger partial charge in [0.2, 0.25) is 0 Å². The summed E-state index contributed by atoms with van der Waals surface area (Å²) in [6, 6.07) is 21.4. The maximum absolute atomic E-state index is 13.3. The number of thioether (sulfide) groups is 1. The van der Waals surface area contributed by atoms with Gasteiger partial charge in [-0.05, 0) is 67.4 Å². The Kier molecular flexibility index (Phi) is 7.08. The zero-order valence-electron chi connectivity index (χ0n) is 18.9. The number of carbonyl (C=O) groups is 1. The number of phenolic OH excluding ortho intramolecular Hbond substituents is 1. The number of para-hydroxylation sites is 1. The molecule has 0 spiro atoms. The Bertz CT molecular complexity index is 1410. The van der Waals surface area contributed by atoms with Crippen molar-refractivity contribution in [3.63, 3.8) is 0 Å². The molecule has 1 heterocycles. The van der Waals surface area contributed by atoms with Crippen LogP contribution in [0.5, 0.6) is 5.75 Å². The molecule has 0 saturated heterocycles. The average molecular weight is 473 g/mol. The largest absolute Gasteiger partial charge is 0.508 e. The van der Waals surface area contributed by atoms with E-state index in [0.717, 1.165) is 11.1 Å². The minimum absolute atomic E-state index is 0.0344. The molecule has 0 unspecified atom stereocenters. The fraction of sp³-hybridized carbons (Fsp3) is 0.154. The van der Waals surface area contributed by atoms with E-state index in [-0.39, 0.29) is 23.0 Å². The maximum atomic E-state index is 13.3. The van der Waals surface area contributed by atoms with Gasteiger partial charge in [0.15, 0.2) is 5.16 Å². The first-order valence-electron chi connectivity index (χ1n) is 10.8. The summed E-state index contributed by atoms with van der Waals surface area (Å²) in [6.07, 6.45) is 0.609. The molecule has 7 nitrogen and oxygen atoms in total. The normalized spacial score (nSPS) is 11.5. The summed E-state index contributed by atoms with van der Waals surface area (Å²) in [4.78, 5) is 30.5. The maximum Gasteiger partial charge on any atom is 0.266 e. The molecule has 4 rings (SSSR count). The number of amides is 1. The minimum Gasteiger partial charge on any atom is -0.508 e. The lowest BCUT2D eigenvalue weighted by molar-refractivity contribution is -0.118. The van der Waals surface area contributed by atoms with Gasteiger partial charge >= 0.3 is 0 Å². The SMILES string of the molecule is CC/C(=N/NC(=O)CSc1nc2ccccc2c(=O)n1-c1ccc(C)cc1)c1ccc(O)cc1. The van der Waals surface area contributed by atoms with Gasteiger partial charge < -0.3 is 5.11 Å². The molecule has 0 aliphatic carbocycles. The van der Waals surface area contributed by atoms with Crippen molar-refractivity contribution in [2.75, 3.05) is 5.75 Å². The number of aromatic hydroxyl groups is 1. The molecule has 0 saturated carbocycles. The van der Waals surface area contributed by atoms with Gasteiger partial charge in [0.1, 0.15) is 5.75 Å². The molecule has 34 heavy (non-hydrogen) atoms. The quantitative estimate of drug-likeness (QED) is 0.180. The summed E-state index contributed by atoms with van der Waals surface area (Å²) in [6.45, 7) is 3.92. The van der Waals surface area contributed by atoms with Crippen LogP contribution in [0, 0.1) is 6.92 Å². The summed E-state index contributed by atoms with van der Waals surface area (Å²) in [7, 11) is 0. The van der Waals surface area contributed by atoms with Crippen molar-refractivity contribution in [3.8, 4) is 11.4 Å². The average Bonchev–Trinajstić information content (AvgIpc) is 2.85. The number of carbonyl (C=O) groups excluding carboxylic acids is 1. The zero-order valence-corrected chi connectivity index (χ0v) is 19.7. The van der Waals surface area contributed by atoms with E-state index in [1.807, 2.05) is 50.2 Å². The van der Waals surface area contributed by atoms with E-state index in [2.05, 4.69) is 15.5 Å². The monoisotopic (exact) mass is 472 g/mol. The number of fused-ring (bicyclic) bond motifs is 1. The first-order valence-corrected chi connectivity index (χ1v) is 11.8. The number of benzene rings is 3. The Hall–Kier alpha value is -3.91. The number of nitrogens with one attached hydrogen (secondary N) is 1. The molecule has 0 fully saturated rings. The van der Waals surface area contributed by atoms with E-state index in [1.54, 1.807) is 36.4 Å². The fourth-order valence-electron chi connectivity index (χ4n) is 3.42. The third kappa shape index (κ3) is 5.18. The Balaban J connectivity index is 1.58. The van der Waals surface area contributed by atoms with Gasteiger partial charge in [-0.15, -0.1) is 0 Å². The van der Waals surface area contributed by atoms with Crippen LogP contribution in [-0.4, -0.2) is 32.0 Å². The first-order chi connectivity index (χ1) is 16.5. The van der Waals surface area contributed by atoms with E-state index >= 15 is 0 Å².